The fourth-order valence-corrected chi connectivity index (χ4v) is 1.83. The van der Waals surface area contributed by atoms with Crippen LogP contribution in [0.1, 0.15) is 13.8 Å². The summed E-state index contributed by atoms with van der Waals surface area (Å²) in [5, 5.41) is 9.57. The van der Waals surface area contributed by atoms with E-state index in [0.717, 1.165) is 0 Å². The second-order valence-corrected chi connectivity index (χ2v) is 5.04. The maximum Gasteiger partial charge on any atom is 0.319 e. The van der Waals surface area contributed by atoms with Crippen LogP contribution in [0, 0.1) is 0 Å². The van der Waals surface area contributed by atoms with Gasteiger partial charge in [-0.2, -0.15) is 0 Å². The molecular formula is C10H13NO3S. The van der Waals surface area contributed by atoms with Gasteiger partial charge in [0.15, 0.2) is 5.75 Å². The van der Waals surface area contributed by atoms with E-state index in [1.54, 1.807) is 32.2 Å². The van der Waals surface area contributed by atoms with E-state index in [9.17, 15) is 4.79 Å². The molecule has 1 heterocycles. The highest BCUT2D eigenvalue weighted by Gasteiger charge is 2.30. The lowest BCUT2D eigenvalue weighted by atomic mass is 10.2. The third-order valence-corrected chi connectivity index (χ3v) is 3.01. The largest absolute Gasteiger partial charge is 0.494 e. The van der Waals surface area contributed by atoms with Crippen LogP contribution in [-0.2, 0) is 4.79 Å². The molecule has 1 aromatic heterocycles. The number of methoxy groups -OCH3 is 1. The van der Waals surface area contributed by atoms with Crippen molar-refractivity contribution in [2.75, 3.05) is 7.11 Å². The molecule has 5 heteroatoms. The predicted octanol–water partition coefficient (Wildman–Crippen LogP) is 2.05. The Balaban J connectivity index is 2.94. The van der Waals surface area contributed by atoms with Gasteiger partial charge in [0.2, 0.25) is 0 Å². The van der Waals surface area contributed by atoms with Crippen molar-refractivity contribution in [2.24, 2.45) is 0 Å². The first-order chi connectivity index (χ1) is 6.97. The summed E-state index contributed by atoms with van der Waals surface area (Å²) in [5.74, 6) is -0.281. The second kappa shape index (κ2) is 4.53. The van der Waals surface area contributed by atoms with Gasteiger partial charge in [0.25, 0.3) is 0 Å². The molecule has 4 nitrogen and oxygen atoms in total. The van der Waals surface area contributed by atoms with Crippen molar-refractivity contribution >= 4 is 17.7 Å². The van der Waals surface area contributed by atoms with E-state index in [-0.39, 0.29) is 0 Å². The van der Waals surface area contributed by atoms with Crippen LogP contribution in [0.4, 0.5) is 0 Å². The molecule has 0 radical (unpaired) electrons. The minimum Gasteiger partial charge on any atom is -0.494 e. The van der Waals surface area contributed by atoms with E-state index in [1.165, 1.54) is 18.9 Å². The molecule has 0 amide bonds. The summed E-state index contributed by atoms with van der Waals surface area (Å²) in [6.07, 6.45) is 1.61. The van der Waals surface area contributed by atoms with Crippen molar-refractivity contribution in [2.45, 2.75) is 23.6 Å². The smallest absolute Gasteiger partial charge is 0.319 e. The molecule has 0 spiro atoms. The quantitative estimate of drug-likeness (QED) is 0.798. The lowest BCUT2D eigenvalue weighted by molar-refractivity contribution is -0.138. The zero-order valence-electron chi connectivity index (χ0n) is 8.85. The fourth-order valence-electron chi connectivity index (χ4n) is 0.893. The lowest BCUT2D eigenvalue weighted by Crippen LogP contribution is -2.27. The van der Waals surface area contributed by atoms with Crippen molar-refractivity contribution in [3.63, 3.8) is 0 Å². The van der Waals surface area contributed by atoms with Gasteiger partial charge in [0.1, 0.15) is 9.77 Å². The number of nitrogens with zero attached hydrogens (tertiary/aromatic N) is 1. The molecular weight excluding hydrogens is 214 g/mol. The van der Waals surface area contributed by atoms with E-state index < -0.39 is 10.7 Å². The van der Waals surface area contributed by atoms with E-state index in [2.05, 4.69) is 4.98 Å². The number of ether oxygens (including phenoxy) is 1. The Morgan fingerprint density at radius 1 is 1.60 bits per heavy atom. The highest BCUT2D eigenvalue weighted by molar-refractivity contribution is 8.01. The monoisotopic (exact) mass is 227 g/mol. The van der Waals surface area contributed by atoms with E-state index in [0.29, 0.717) is 10.8 Å². The number of hydrogen-bond acceptors (Lipinski definition) is 4. The summed E-state index contributed by atoms with van der Waals surface area (Å²) in [6.45, 7) is 3.27. The number of aliphatic carboxylic acids is 1. The van der Waals surface area contributed by atoms with Gasteiger partial charge in [0.05, 0.1) is 7.11 Å². The van der Waals surface area contributed by atoms with Crippen LogP contribution in [0.3, 0.4) is 0 Å². The summed E-state index contributed by atoms with van der Waals surface area (Å²) in [4.78, 5) is 15.0. The number of carboxylic acids is 1. The summed E-state index contributed by atoms with van der Waals surface area (Å²) in [5.41, 5.74) is 0. The van der Waals surface area contributed by atoms with Gasteiger partial charge in [-0.1, -0.05) is 11.8 Å². The topological polar surface area (TPSA) is 59.4 Å². The van der Waals surface area contributed by atoms with Gasteiger partial charge in [-0.3, -0.25) is 4.79 Å². The minimum absolute atomic E-state index is 0.590. The molecule has 0 aliphatic heterocycles. The average Bonchev–Trinajstić information content (AvgIpc) is 2.18. The Bertz CT molecular complexity index is 365. The number of carbonyl (C=O) groups is 1. The molecule has 0 saturated carbocycles. The van der Waals surface area contributed by atoms with Crippen LogP contribution in [0.5, 0.6) is 5.75 Å². The maximum atomic E-state index is 10.9. The highest BCUT2D eigenvalue weighted by Crippen LogP contribution is 2.36. The summed E-state index contributed by atoms with van der Waals surface area (Å²) >= 11 is 1.17. The predicted molar refractivity (Wildman–Crippen MR) is 58.4 cm³/mol. The zero-order chi connectivity index (χ0) is 11.5. The molecule has 82 valence electrons. The molecule has 0 aromatic carbocycles. The normalized spacial score (nSPS) is 11.1. The minimum atomic E-state index is -0.915. The fraction of sp³-hybridized carbons (Fsp3) is 0.400. The van der Waals surface area contributed by atoms with Crippen LogP contribution < -0.4 is 4.74 Å². The van der Waals surface area contributed by atoms with Crippen molar-refractivity contribution in [3.8, 4) is 5.75 Å². The molecule has 0 atom stereocenters. The van der Waals surface area contributed by atoms with Gasteiger partial charge in [0, 0.05) is 6.20 Å². The summed E-state index contributed by atoms with van der Waals surface area (Å²) in [7, 11) is 1.54. The number of pyridine rings is 1. The van der Waals surface area contributed by atoms with Gasteiger partial charge < -0.3 is 9.84 Å². The summed E-state index contributed by atoms with van der Waals surface area (Å²) < 4.78 is 4.18. The average molecular weight is 227 g/mol. The van der Waals surface area contributed by atoms with Gasteiger partial charge in [-0.15, -0.1) is 0 Å². The van der Waals surface area contributed by atoms with Crippen molar-refractivity contribution in [1.29, 1.82) is 0 Å². The number of rotatable bonds is 4. The van der Waals surface area contributed by atoms with Crippen LogP contribution >= 0.6 is 11.8 Å². The van der Waals surface area contributed by atoms with Gasteiger partial charge in [-0.05, 0) is 26.0 Å². The Morgan fingerprint density at radius 2 is 2.27 bits per heavy atom. The Hall–Kier alpha value is -1.23. The standard InChI is InChI=1S/C10H13NO3S/c1-10(2,9(12)13)15-8-7(14-3)5-4-6-11-8/h4-6H,1-3H3,(H,12,13). The maximum absolute atomic E-state index is 10.9. The summed E-state index contributed by atoms with van der Waals surface area (Å²) in [6, 6.07) is 3.50. The second-order valence-electron chi connectivity index (χ2n) is 3.43. The third-order valence-electron chi connectivity index (χ3n) is 1.82. The van der Waals surface area contributed by atoms with Crippen molar-refractivity contribution < 1.29 is 14.6 Å². The molecule has 0 unspecified atom stereocenters. The zero-order valence-corrected chi connectivity index (χ0v) is 9.67. The van der Waals surface area contributed by atoms with Crippen LogP contribution in [-0.4, -0.2) is 27.9 Å². The highest BCUT2D eigenvalue weighted by atomic mass is 32.2. The van der Waals surface area contributed by atoms with Crippen molar-refractivity contribution in [3.05, 3.63) is 18.3 Å². The first-order valence-corrected chi connectivity index (χ1v) is 5.20. The first-order valence-electron chi connectivity index (χ1n) is 4.39. The van der Waals surface area contributed by atoms with Gasteiger partial charge in [-0.25, -0.2) is 4.98 Å². The third kappa shape index (κ3) is 2.86. The molecule has 0 saturated heterocycles. The Labute approximate surface area is 92.7 Å². The molecule has 1 rings (SSSR count). The Morgan fingerprint density at radius 3 is 2.80 bits per heavy atom. The Kier molecular flexibility index (Phi) is 3.57. The molecule has 0 aliphatic carbocycles. The first kappa shape index (κ1) is 11.8. The molecule has 0 aliphatic rings. The van der Waals surface area contributed by atoms with Crippen LogP contribution in [0.25, 0.3) is 0 Å². The van der Waals surface area contributed by atoms with E-state index in [4.69, 9.17) is 9.84 Å². The molecule has 1 N–H and O–H groups in total. The number of aromatic nitrogens is 1. The van der Waals surface area contributed by atoms with Gasteiger partial charge >= 0.3 is 5.97 Å². The molecule has 15 heavy (non-hydrogen) atoms. The molecule has 1 aromatic rings. The van der Waals surface area contributed by atoms with E-state index >= 15 is 0 Å². The number of carboxylic acid groups (broad SMARTS) is 1. The van der Waals surface area contributed by atoms with Crippen molar-refractivity contribution in [1.82, 2.24) is 4.98 Å². The number of thioether (sulfide) groups is 1. The SMILES string of the molecule is COc1cccnc1SC(C)(C)C(=O)O. The lowest BCUT2D eigenvalue weighted by Gasteiger charge is -2.18. The molecule has 0 bridgehead atoms. The van der Waals surface area contributed by atoms with E-state index in [1.807, 2.05) is 0 Å². The van der Waals surface area contributed by atoms with Crippen LogP contribution in [0.2, 0.25) is 0 Å². The number of hydrogen-bond donors (Lipinski definition) is 1. The molecule has 0 fully saturated rings. The van der Waals surface area contributed by atoms with Crippen LogP contribution in [0.15, 0.2) is 23.4 Å².